The molecule has 0 atom stereocenters. The molecule has 15 heavy (non-hydrogen) atoms. The summed E-state index contributed by atoms with van der Waals surface area (Å²) in [6.45, 7) is 2.09. The summed E-state index contributed by atoms with van der Waals surface area (Å²) >= 11 is 0. The van der Waals surface area contributed by atoms with Gasteiger partial charge in [-0.2, -0.15) is 0 Å². The third kappa shape index (κ3) is 1.22. The molecule has 2 heterocycles. The van der Waals surface area contributed by atoms with Gasteiger partial charge in [0, 0.05) is 22.8 Å². The summed E-state index contributed by atoms with van der Waals surface area (Å²) < 4.78 is 1.89. The zero-order chi connectivity index (χ0) is 10.3. The second-order valence-electron chi connectivity index (χ2n) is 3.57. The van der Waals surface area contributed by atoms with Crippen molar-refractivity contribution in [2.45, 2.75) is 6.92 Å². The molecule has 0 bridgehead atoms. The van der Waals surface area contributed by atoms with Crippen molar-refractivity contribution in [1.82, 2.24) is 19.7 Å². The maximum absolute atomic E-state index is 3.79. The van der Waals surface area contributed by atoms with Crippen LogP contribution >= 0.6 is 0 Å². The van der Waals surface area contributed by atoms with Crippen molar-refractivity contribution >= 4 is 10.9 Å². The minimum absolute atomic E-state index is 1.08. The maximum Gasteiger partial charge on any atom is 0.123 e. The summed E-state index contributed by atoms with van der Waals surface area (Å²) in [4.78, 5) is 3.22. The molecule has 3 rings (SSSR count). The molecule has 0 aliphatic rings. The first-order chi connectivity index (χ1) is 7.34. The van der Waals surface area contributed by atoms with E-state index in [-0.39, 0.29) is 0 Å². The van der Waals surface area contributed by atoms with Gasteiger partial charge in [0.15, 0.2) is 0 Å². The van der Waals surface area contributed by atoms with Gasteiger partial charge in [-0.1, -0.05) is 0 Å². The Morgan fingerprint density at radius 3 is 2.80 bits per heavy atom. The molecular weight excluding hydrogens is 188 g/mol. The smallest absolute Gasteiger partial charge is 0.123 e. The van der Waals surface area contributed by atoms with Gasteiger partial charge in [0.05, 0.1) is 0 Å². The lowest BCUT2D eigenvalue weighted by atomic mass is 10.2. The van der Waals surface area contributed by atoms with Crippen LogP contribution in [0, 0.1) is 6.92 Å². The first-order valence-corrected chi connectivity index (χ1v) is 4.77. The Labute approximate surface area is 86.6 Å². The SMILES string of the molecule is Cc1c[nH]c2ccc(-n3cnnc3)cc12. The molecule has 4 nitrogen and oxygen atoms in total. The van der Waals surface area contributed by atoms with E-state index in [1.54, 1.807) is 12.7 Å². The lowest BCUT2D eigenvalue weighted by molar-refractivity contribution is 1.06. The van der Waals surface area contributed by atoms with Gasteiger partial charge in [-0.15, -0.1) is 10.2 Å². The van der Waals surface area contributed by atoms with Gasteiger partial charge >= 0.3 is 0 Å². The van der Waals surface area contributed by atoms with Crippen LogP contribution < -0.4 is 0 Å². The minimum Gasteiger partial charge on any atom is -0.361 e. The van der Waals surface area contributed by atoms with Crippen molar-refractivity contribution in [2.24, 2.45) is 0 Å². The van der Waals surface area contributed by atoms with E-state index in [4.69, 9.17) is 0 Å². The molecular formula is C11H10N4. The Morgan fingerprint density at radius 1 is 1.20 bits per heavy atom. The molecule has 3 aromatic rings. The summed E-state index contributed by atoms with van der Waals surface area (Å²) in [5.74, 6) is 0. The zero-order valence-corrected chi connectivity index (χ0v) is 8.31. The lowest BCUT2D eigenvalue weighted by Crippen LogP contribution is -1.89. The van der Waals surface area contributed by atoms with E-state index in [1.165, 1.54) is 10.9 Å². The van der Waals surface area contributed by atoms with Crippen LogP contribution in [0.15, 0.2) is 37.1 Å². The predicted molar refractivity (Wildman–Crippen MR) is 58.0 cm³/mol. The Bertz CT molecular complexity index is 592. The van der Waals surface area contributed by atoms with Gasteiger partial charge in [0.2, 0.25) is 0 Å². The van der Waals surface area contributed by atoms with E-state index in [9.17, 15) is 0 Å². The van der Waals surface area contributed by atoms with Crippen molar-refractivity contribution < 1.29 is 0 Å². The first kappa shape index (κ1) is 8.23. The Kier molecular flexibility index (Phi) is 1.62. The molecule has 4 heteroatoms. The standard InChI is InChI=1S/C11H10N4/c1-8-5-12-11-3-2-9(4-10(8)11)15-6-13-14-7-15/h2-7,12H,1H3. The van der Waals surface area contributed by atoms with Crippen LogP contribution in [0.1, 0.15) is 5.56 Å². The fraction of sp³-hybridized carbons (Fsp3) is 0.0909. The third-order valence-electron chi connectivity index (χ3n) is 2.59. The topological polar surface area (TPSA) is 46.5 Å². The number of hydrogen-bond donors (Lipinski definition) is 1. The van der Waals surface area contributed by atoms with Crippen LogP contribution in [-0.2, 0) is 0 Å². The largest absolute Gasteiger partial charge is 0.361 e. The van der Waals surface area contributed by atoms with Gasteiger partial charge in [-0.3, -0.25) is 4.57 Å². The molecule has 74 valence electrons. The Hall–Kier alpha value is -2.10. The van der Waals surface area contributed by atoms with Gasteiger partial charge < -0.3 is 4.98 Å². The normalized spacial score (nSPS) is 11.0. The Morgan fingerprint density at radius 2 is 2.00 bits per heavy atom. The molecule has 2 aromatic heterocycles. The number of aromatic nitrogens is 4. The van der Waals surface area contributed by atoms with Crippen molar-refractivity contribution in [2.75, 3.05) is 0 Å². The number of rotatable bonds is 1. The molecule has 0 saturated carbocycles. The summed E-state index contributed by atoms with van der Waals surface area (Å²) in [5.41, 5.74) is 3.49. The van der Waals surface area contributed by atoms with Crippen LogP contribution in [0.25, 0.3) is 16.6 Å². The zero-order valence-electron chi connectivity index (χ0n) is 8.31. The van der Waals surface area contributed by atoms with Gasteiger partial charge in [0.1, 0.15) is 12.7 Å². The highest BCUT2D eigenvalue weighted by Gasteiger charge is 2.02. The molecule has 0 aliphatic heterocycles. The average Bonchev–Trinajstić information content (AvgIpc) is 2.88. The molecule has 0 aliphatic carbocycles. The van der Waals surface area contributed by atoms with Crippen LogP contribution in [0.3, 0.4) is 0 Å². The van der Waals surface area contributed by atoms with Crippen LogP contribution in [0.5, 0.6) is 0 Å². The number of H-pyrrole nitrogens is 1. The number of nitrogens with one attached hydrogen (secondary N) is 1. The number of aryl methyl sites for hydroxylation is 1. The second-order valence-corrected chi connectivity index (χ2v) is 3.57. The van der Waals surface area contributed by atoms with E-state index in [1.807, 2.05) is 16.8 Å². The van der Waals surface area contributed by atoms with E-state index < -0.39 is 0 Å². The summed E-state index contributed by atoms with van der Waals surface area (Å²) in [6.07, 6.45) is 5.41. The molecule has 0 radical (unpaired) electrons. The van der Waals surface area contributed by atoms with E-state index in [2.05, 4.69) is 34.2 Å². The van der Waals surface area contributed by atoms with Gasteiger partial charge in [-0.05, 0) is 30.7 Å². The second kappa shape index (κ2) is 2.95. The predicted octanol–water partition coefficient (Wildman–Crippen LogP) is 2.06. The summed E-state index contributed by atoms with van der Waals surface area (Å²) in [5, 5.41) is 8.82. The monoisotopic (exact) mass is 198 g/mol. The quantitative estimate of drug-likeness (QED) is 0.650. The summed E-state index contributed by atoms with van der Waals surface area (Å²) in [7, 11) is 0. The Balaban J connectivity index is 2.25. The highest BCUT2D eigenvalue weighted by molar-refractivity contribution is 5.84. The number of hydrogen-bond acceptors (Lipinski definition) is 2. The van der Waals surface area contributed by atoms with Crippen LogP contribution in [0.2, 0.25) is 0 Å². The molecule has 0 fully saturated rings. The molecule has 0 saturated heterocycles. The molecule has 1 N–H and O–H groups in total. The van der Waals surface area contributed by atoms with Crippen molar-refractivity contribution in [3.05, 3.63) is 42.6 Å². The first-order valence-electron chi connectivity index (χ1n) is 4.77. The fourth-order valence-electron chi connectivity index (χ4n) is 1.74. The van der Waals surface area contributed by atoms with Crippen LogP contribution in [0.4, 0.5) is 0 Å². The van der Waals surface area contributed by atoms with E-state index in [0.29, 0.717) is 0 Å². The highest BCUT2D eigenvalue weighted by Crippen LogP contribution is 2.20. The van der Waals surface area contributed by atoms with Crippen molar-refractivity contribution in [3.8, 4) is 5.69 Å². The number of benzene rings is 1. The highest BCUT2D eigenvalue weighted by atomic mass is 15.2. The number of nitrogens with zero attached hydrogens (tertiary/aromatic N) is 3. The van der Waals surface area contributed by atoms with E-state index in [0.717, 1.165) is 11.2 Å². The van der Waals surface area contributed by atoms with Gasteiger partial charge in [0.25, 0.3) is 0 Å². The van der Waals surface area contributed by atoms with Crippen molar-refractivity contribution in [1.29, 1.82) is 0 Å². The third-order valence-corrected chi connectivity index (χ3v) is 2.59. The van der Waals surface area contributed by atoms with Crippen LogP contribution in [-0.4, -0.2) is 19.7 Å². The van der Waals surface area contributed by atoms with E-state index >= 15 is 0 Å². The fourth-order valence-corrected chi connectivity index (χ4v) is 1.74. The molecule has 1 aromatic carbocycles. The van der Waals surface area contributed by atoms with Crippen molar-refractivity contribution in [3.63, 3.8) is 0 Å². The number of fused-ring (bicyclic) bond motifs is 1. The molecule has 0 spiro atoms. The lowest BCUT2D eigenvalue weighted by Gasteiger charge is -2.01. The molecule has 0 unspecified atom stereocenters. The maximum atomic E-state index is 3.79. The summed E-state index contributed by atoms with van der Waals surface area (Å²) in [6, 6.07) is 6.24. The number of aromatic amines is 1. The minimum atomic E-state index is 1.08. The van der Waals surface area contributed by atoms with Gasteiger partial charge in [-0.25, -0.2) is 0 Å². The molecule has 0 amide bonds. The average molecular weight is 198 g/mol.